The van der Waals surface area contributed by atoms with Gasteiger partial charge in [0.15, 0.2) is 0 Å². The van der Waals surface area contributed by atoms with Gasteiger partial charge in [-0.05, 0) is 37.4 Å². The zero-order chi connectivity index (χ0) is 14.5. The van der Waals surface area contributed by atoms with Crippen LogP contribution in [0, 0.1) is 12.8 Å². The van der Waals surface area contributed by atoms with Gasteiger partial charge in [0.05, 0.1) is 0 Å². The molecular weight excluding hydrogens is 250 g/mol. The van der Waals surface area contributed by atoms with Gasteiger partial charge < -0.3 is 10.2 Å². The Bertz CT molecular complexity index is 461. The van der Waals surface area contributed by atoms with Gasteiger partial charge in [0.25, 0.3) is 5.91 Å². The van der Waals surface area contributed by atoms with Gasteiger partial charge in [-0.15, -0.1) is 0 Å². The van der Waals surface area contributed by atoms with Crippen LogP contribution in [-0.2, 0) is 0 Å². The molecule has 1 saturated heterocycles. The van der Waals surface area contributed by atoms with Crippen LogP contribution in [0.2, 0.25) is 0 Å². The third kappa shape index (κ3) is 3.18. The maximum atomic E-state index is 12.6. The Hall–Kier alpha value is -1.42. The molecule has 2 heterocycles. The van der Waals surface area contributed by atoms with Crippen molar-refractivity contribution in [2.24, 2.45) is 5.92 Å². The fraction of sp³-hybridized carbons (Fsp3) is 0.625. The van der Waals surface area contributed by atoms with Crippen molar-refractivity contribution in [1.29, 1.82) is 0 Å². The lowest BCUT2D eigenvalue weighted by atomic mass is 9.89. The molecule has 1 aliphatic rings. The molecule has 0 spiro atoms. The molecule has 0 radical (unpaired) electrons. The second-order valence-corrected chi connectivity index (χ2v) is 5.54. The minimum absolute atomic E-state index is 0.0801. The van der Waals surface area contributed by atoms with Crippen molar-refractivity contribution in [3.8, 4) is 0 Å². The minimum Gasteiger partial charge on any atom is -0.337 e. The van der Waals surface area contributed by atoms with Crippen LogP contribution in [0.4, 0.5) is 0 Å². The van der Waals surface area contributed by atoms with Crippen molar-refractivity contribution < 1.29 is 4.79 Å². The summed E-state index contributed by atoms with van der Waals surface area (Å²) in [4.78, 5) is 18.8. The Morgan fingerprint density at radius 1 is 1.50 bits per heavy atom. The van der Waals surface area contributed by atoms with E-state index in [4.69, 9.17) is 0 Å². The van der Waals surface area contributed by atoms with Crippen molar-refractivity contribution in [2.45, 2.75) is 39.7 Å². The van der Waals surface area contributed by atoms with Crippen molar-refractivity contribution in [2.75, 3.05) is 19.6 Å². The smallest absolute Gasteiger partial charge is 0.272 e. The molecule has 0 aromatic carbocycles. The third-order valence-corrected chi connectivity index (χ3v) is 4.22. The zero-order valence-electron chi connectivity index (χ0n) is 12.7. The van der Waals surface area contributed by atoms with Gasteiger partial charge in [-0.25, -0.2) is 0 Å². The lowest BCUT2D eigenvalue weighted by Crippen LogP contribution is -2.51. The normalized spacial score (nSPS) is 22.9. The maximum absolute atomic E-state index is 12.6. The highest BCUT2D eigenvalue weighted by Crippen LogP contribution is 2.22. The van der Waals surface area contributed by atoms with E-state index in [2.05, 4.69) is 24.1 Å². The second kappa shape index (κ2) is 6.84. The molecule has 2 unspecified atom stereocenters. The van der Waals surface area contributed by atoms with Gasteiger partial charge in [-0.2, -0.15) is 0 Å². The number of hydrogen-bond acceptors (Lipinski definition) is 3. The molecule has 4 heteroatoms. The van der Waals surface area contributed by atoms with E-state index in [1.807, 2.05) is 24.0 Å². The first kappa shape index (κ1) is 15.0. The highest BCUT2D eigenvalue weighted by atomic mass is 16.2. The molecule has 2 rings (SSSR count). The minimum atomic E-state index is 0.0801. The van der Waals surface area contributed by atoms with Gasteiger partial charge in [0, 0.05) is 25.3 Å². The van der Waals surface area contributed by atoms with Crippen LogP contribution in [0.1, 0.15) is 42.7 Å². The lowest BCUT2D eigenvalue weighted by Gasteiger charge is -2.38. The number of likely N-dealkylation sites (tertiary alicyclic amines) is 1. The van der Waals surface area contributed by atoms with Gasteiger partial charge >= 0.3 is 0 Å². The number of hydrogen-bond donors (Lipinski definition) is 1. The quantitative estimate of drug-likeness (QED) is 0.916. The Morgan fingerprint density at radius 3 is 2.95 bits per heavy atom. The van der Waals surface area contributed by atoms with Crippen molar-refractivity contribution in [3.05, 3.63) is 29.6 Å². The van der Waals surface area contributed by atoms with Crippen LogP contribution in [0.3, 0.4) is 0 Å². The number of piperidine rings is 1. The Labute approximate surface area is 121 Å². The summed E-state index contributed by atoms with van der Waals surface area (Å²) < 4.78 is 0. The Balaban J connectivity index is 2.07. The first-order valence-electron chi connectivity index (χ1n) is 7.61. The molecule has 2 atom stereocenters. The number of rotatable bonds is 4. The molecule has 1 aliphatic heterocycles. The monoisotopic (exact) mass is 275 g/mol. The number of aromatic nitrogens is 1. The molecule has 1 fully saturated rings. The number of pyridine rings is 1. The van der Waals surface area contributed by atoms with Crippen molar-refractivity contribution in [3.63, 3.8) is 0 Å². The van der Waals surface area contributed by atoms with Gasteiger partial charge in [-0.3, -0.25) is 9.78 Å². The fourth-order valence-electron chi connectivity index (χ4n) is 3.02. The summed E-state index contributed by atoms with van der Waals surface area (Å²) >= 11 is 0. The number of carbonyl (C=O) groups is 1. The van der Waals surface area contributed by atoms with Crippen LogP contribution < -0.4 is 5.32 Å². The number of amides is 1. The number of nitrogens with zero attached hydrogens (tertiary/aromatic N) is 2. The largest absolute Gasteiger partial charge is 0.337 e. The van der Waals surface area contributed by atoms with Gasteiger partial charge in [0.2, 0.25) is 0 Å². The summed E-state index contributed by atoms with van der Waals surface area (Å²) in [6, 6.07) is 4.36. The predicted molar refractivity (Wildman–Crippen MR) is 80.7 cm³/mol. The lowest BCUT2D eigenvalue weighted by molar-refractivity contribution is 0.0621. The first-order chi connectivity index (χ1) is 9.67. The first-order valence-corrected chi connectivity index (χ1v) is 7.61. The van der Waals surface area contributed by atoms with Gasteiger partial charge in [0.1, 0.15) is 5.69 Å². The molecule has 0 aliphatic carbocycles. The van der Waals surface area contributed by atoms with E-state index in [1.54, 1.807) is 6.20 Å². The third-order valence-electron chi connectivity index (χ3n) is 4.22. The standard InChI is InChI=1S/C16H25N3O/c1-4-13-11-19(10-8-14(13)17-5-2)16(20)15-12(3)7-6-9-18-15/h6-7,9,13-14,17H,4-5,8,10-11H2,1-3H3. The molecule has 1 N–H and O–H groups in total. The van der Waals surface area contributed by atoms with Crippen LogP contribution >= 0.6 is 0 Å². The SMILES string of the molecule is CCNC1CCN(C(=O)c2ncccc2C)CC1CC. The number of aryl methyl sites for hydroxylation is 1. The highest BCUT2D eigenvalue weighted by Gasteiger charge is 2.30. The summed E-state index contributed by atoms with van der Waals surface area (Å²) in [5.41, 5.74) is 1.56. The van der Waals surface area contributed by atoms with E-state index in [0.717, 1.165) is 38.0 Å². The molecule has 4 nitrogen and oxygen atoms in total. The van der Waals surface area contributed by atoms with E-state index >= 15 is 0 Å². The summed E-state index contributed by atoms with van der Waals surface area (Å²) in [6.07, 6.45) is 3.83. The summed E-state index contributed by atoms with van der Waals surface area (Å²) in [5, 5.41) is 3.54. The van der Waals surface area contributed by atoms with E-state index in [9.17, 15) is 4.79 Å². The average Bonchev–Trinajstić information content (AvgIpc) is 2.48. The van der Waals surface area contributed by atoms with E-state index in [0.29, 0.717) is 17.7 Å². The molecule has 1 aromatic heterocycles. The van der Waals surface area contributed by atoms with E-state index in [-0.39, 0.29) is 5.91 Å². The van der Waals surface area contributed by atoms with Crippen molar-refractivity contribution in [1.82, 2.24) is 15.2 Å². The zero-order valence-corrected chi connectivity index (χ0v) is 12.7. The van der Waals surface area contributed by atoms with Gasteiger partial charge in [-0.1, -0.05) is 26.3 Å². The van der Waals surface area contributed by atoms with E-state index < -0.39 is 0 Å². The van der Waals surface area contributed by atoms with Crippen LogP contribution in [0.15, 0.2) is 18.3 Å². The molecule has 1 aromatic rings. The molecule has 20 heavy (non-hydrogen) atoms. The molecule has 1 amide bonds. The van der Waals surface area contributed by atoms with E-state index in [1.165, 1.54) is 0 Å². The molecule has 0 saturated carbocycles. The summed E-state index contributed by atoms with van der Waals surface area (Å²) in [5.74, 6) is 0.619. The van der Waals surface area contributed by atoms with Crippen LogP contribution in [0.5, 0.6) is 0 Å². The maximum Gasteiger partial charge on any atom is 0.272 e. The molecule has 0 bridgehead atoms. The molecular formula is C16H25N3O. The molecule has 110 valence electrons. The van der Waals surface area contributed by atoms with Crippen LogP contribution in [0.25, 0.3) is 0 Å². The Kier molecular flexibility index (Phi) is 5.12. The fourth-order valence-corrected chi connectivity index (χ4v) is 3.02. The predicted octanol–water partition coefficient (Wildman–Crippen LogP) is 2.24. The second-order valence-electron chi connectivity index (χ2n) is 5.54. The Morgan fingerprint density at radius 2 is 2.30 bits per heavy atom. The highest BCUT2D eigenvalue weighted by molar-refractivity contribution is 5.93. The number of carbonyl (C=O) groups excluding carboxylic acids is 1. The van der Waals surface area contributed by atoms with Crippen LogP contribution in [-0.4, -0.2) is 41.5 Å². The van der Waals surface area contributed by atoms with Crippen molar-refractivity contribution >= 4 is 5.91 Å². The summed E-state index contributed by atoms with van der Waals surface area (Å²) in [6.45, 7) is 8.94. The average molecular weight is 275 g/mol. The summed E-state index contributed by atoms with van der Waals surface area (Å²) in [7, 11) is 0. The topological polar surface area (TPSA) is 45.2 Å². The number of nitrogens with one attached hydrogen (secondary N) is 1.